The van der Waals surface area contributed by atoms with E-state index in [0.29, 0.717) is 38.0 Å². The summed E-state index contributed by atoms with van der Waals surface area (Å²) >= 11 is 0. The number of H-pyrrole nitrogens is 2. The van der Waals surface area contributed by atoms with Crippen molar-refractivity contribution in [1.82, 2.24) is 40.4 Å². The third-order valence-corrected chi connectivity index (χ3v) is 10.2. The normalized spacial score (nSPS) is 18.4. The van der Waals surface area contributed by atoms with Crippen LogP contribution < -0.4 is 10.6 Å². The molecule has 2 fully saturated rings. The van der Waals surface area contributed by atoms with E-state index < -0.39 is 36.4 Å². The molecule has 0 bridgehead atoms. The van der Waals surface area contributed by atoms with E-state index in [2.05, 4.69) is 30.6 Å². The second-order valence-electron chi connectivity index (χ2n) is 14.5. The van der Waals surface area contributed by atoms with Crippen LogP contribution in [0.1, 0.15) is 51.4 Å². The Morgan fingerprint density at radius 1 is 0.643 bits per heavy atom. The van der Waals surface area contributed by atoms with Crippen molar-refractivity contribution in [3.63, 3.8) is 0 Å². The van der Waals surface area contributed by atoms with E-state index in [1.54, 1.807) is 22.2 Å². The van der Waals surface area contributed by atoms with Crippen LogP contribution in [-0.4, -0.2) is 120 Å². The lowest BCUT2D eigenvalue weighted by Gasteiger charge is -2.37. The lowest BCUT2D eigenvalue weighted by Crippen LogP contribution is -2.54. The number of ether oxygens (including phenoxy) is 4. The van der Waals surface area contributed by atoms with Gasteiger partial charge in [-0.15, -0.1) is 0 Å². The van der Waals surface area contributed by atoms with E-state index in [0.717, 1.165) is 33.6 Å². The van der Waals surface area contributed by atoms with Crippen LogP contribution in [0.15, 0.2) is 60.9 Å². The maximum Gasteiger partial charge on any atom is 0.407 e. The molecule has 4 atom stereocenters. The van der Waals surface area contributed by atoms with Gasteiger partial charge in [-0.05, 0) is 34.1 Å². The Morgan fingerprint density at radius 2 is 1.00 bits per heavy atom. The lowest BCUT2D eigenvalue weighted by molar-refractivity contribution is -0.144. The van der Waals surface area contributed by atoms with E-state index in [-0.39, 0.29) is 36.9 Å². The molecule has 1 unspecified atom stereocenters. The van der Waals surface area contributed by atoms with Crippen molar-refractivity contribution in [3.8, 4) is 33.6 Å². The molecule has 0 aliphatic carbocycles. The van der Waals surface area contributed by atoms with Gasteiger partial charge in [-0.3, -0.25) is 9.59 Å². The minimum Gasteiger partial charge on any atom is -0.453 e. The average molecular weight is 771 g/mol. The highest BCUT2D eigenvalue weighted by Crippen LogP contribution is 2.31. The predicted molar refractivity (Wildman–Crippen MR) is 206 cm³/mol. The summed E-state index contributed by atoms with van der Waals surface area (Å²) in [4.78, 5) is 70.6. The summed E-state index contributed by atoms with van der Waals surface area (Å²) in [7, 11) is 2.54. The maximum atomic E-state index is 13.6. The van der Waals surface area contributed by atoms with Crippen molar-refractivity contribution < 1.29 is 38.1 Å². The number of morpholine rings is 2. The minimum atomic E-state index is -0.752. The summed E-state index contributed by atoms with van der Waals surface area (Å²) in [5.74, 6) is 0.453. The van der Waals surface area contributed by atoms with Gasteiger partial charge in [0.05, 0.1) is 64.4 Å². The Labute approximate surface area is 325 Å². The van der Waals surface area contributed by atoms with Crippen LogP contribution in [-0.2, 0) is 28.5 Å². The summed E-state index contributed by atoms with van der Waals surface area (Å²) in [5, 5.41) is 5.34. The van der Waals surface area contributed by atoms with Gasteiger partial charge >= 0.3 is 12.2 Å². The average Bonchev–Trinajstić information content (AvgIpc) is 3.93. The number of carbonyl (C=O) groups is 4. The van der Waals surface area contributed by atoms with Gasteiger partial charge in [0.15, 0.2) is 0 Å². The maximum absolute atomic E-state index is 13.6. The molecule has 6 rings (SSSR count). The minimum absolute atomic E-state index is 0.153. The molecule has 2 aliphatic heterocycles. The van der Waals surface area contributed by atoms with Gasteiger partial charge in [0.1, 0.15) is 35.8 Å². The number of nitrogens with zero attached hydrogens (tertiary/aromatic N) is 4. The molecule has 0 saturated carbocycles. The Bertz CT molecular complexity index is 1830. The zero-order chi connectivity index (χ0) is 39.9. The first-order chi connectivity index (χ1) is 27.0. The van der Waals surface area contributed by atoms with Crippen LogP contribution in [0.2, 0.25) is 0 Å². The van der Waals surface area contributed by atoms with Crippen molar-refractivity contribution in [2.24, 2.45) is 11.8 Å². The molecule has 2 aromatic carbocycles. The number of benzene rings is 2. The molecule has 2 aromatic heterocycles. The summed E-state index contributed by atoms with van der Waals surface area (Å²) in [5.41, 5.74) is 5.49. The fourth-order valence-corrected chi connectivity index (χ4v) is 6.93. The van der Waals surface area contributed by atoms with Gasteiger partial charge in [-0.1, -0.05) is 76.2 Å². The number of hydrogen-bond donors (Lipinski definition) is 4. The van der Waals surface area contributed by atoms with Crippen LogP contribution in [0.3, 0.4) is 0 Å². The number of methoxy groups -OCH3 is 2. The van der Waals surface area contributed by atoms with Crippen molar-refractivity contribution in [2.75, 3.05) is 53.7 Å². The molecule has 4 N–H and O–H groups in total. The molecule has 16 nitrogen and oxygen atoms in total. The summed E-state index contributed by atoms with van der Waals surface area (Å²) in [6, 6.07) is 13.8. The van der Waals surface area contributed by atoms with E-state index in [9.17, 15) is 19.2 Å². The Balaban J connectivity index is 1.12. The van der Waals surface area contributed by atoms with Gasteiger partial charge in [0, 0.05) is 13.1 Å². The van der Waals surface area contributed by atoms with Crippen molar-refractivity contribution in [1.29, 1.82) is 0 Å². The Hall–Kier alpha value is -5.74. The van der Waals surface area contributed by atoms with E-state index in [1.807, 2.05) is 76.2 Å². The smallest absolute Gasteiger partial charge is 0.407 e. The van der Waals surface area contributed by atoms with Crippen molar-refractivity contribution in [2.45, 2.75) is 51.9 Å². The van der Waals surface area contributed by atoms with Crippen molar-refractivity contribution in [3.05, 3.63) is 72.6 Å². The number of carbonyl (C=O) groups excluding carboxylic acids is 4. The summed E-state index contributed by atoms with van der Waals surface area (Å²) in [6.07, 6.45) is 2.18. The van der Waals surface area contributed by atoms with Gasteiger partial charge < -0.3 is 49.3 Å². The number of imidazole rings is 2. The SMILES string of the molecule is COC(=O)N[C@H](C(=O)N1CCOCC1c1ncc(-c2ccc(-c3ccc(-c4cnc([C@@H]5COCCN5C(=O)[C@@H](NC(=O)OC)C(C)C)[nH]4)cc3)cc2)[nH]1)C(C)C. The highest BCUT2D eigenvalue weighted by molar-refractivity contribution is 5.87. The quantitative estimate of drug-likeness (QED) is 0.166. The number of rotatable bonds is 11. The molecule has 4 heterocycles. The lowest BCUT2D eigenvalue weighted by atomic mass is 10.0. The van der Waals surface area contributed by atoms with Crippen LogP contribution in [0.25, 0.3) is 33.6 Å². The number of nitrogens with one attached hydrogen (secondary N) is 4. The molecule has 0 spiro atoms. The van der Waals surface area contributed by atoms with Crippen LogP contribution in [0.5, 0.6) is 0 Å². The fourth-order valence-electron chi connectivity index (χ4n) is 6.93. The second-order valence-corrected chi connectivity index (χ2v) is 14.5. The molecular weight excluding hydrogens is 720 g/mol. The number of alkyl carbamates (subject to hydrolysis) is 2. The third-order valence-electron chi connectivity index (χ3n) is 10.2. The molecule has 4 amide bonds. The number of amides is 4. The zero-order valence-electron chi connectivity index (χ0n) is 32.5. The molecule has 56 heavy (non-hydrogen) atoms. The van der Waals surface area contributed by atoms with Gasteiger partial charge in [-0.25, -0.2) is 19.6 Å². The first-order valence-electron chi connectivity index (χ1n) is 18.8. The molecule has 2 aliphatic rings. The predicted octanol–water partition coefficient (Wildman–Crippen LogP) is 4.69. The molecule has 16 heteroatoms. The highest BCUT2D eigenvalue weighted by Gasteiger charge is 2.38. The summed E-state index contributed by atoms with van der Waals surface area (Å²) < 4.78 is 21.0. The molecular formula is C40H50N8O8. The first-order valence-corrected chi connectivity index (χ1v) is 18.8. The molecule has 2 saturated heterocycles. The van der Waals surface area contributed by atoms with Gasteiger partial charge in [0.25, 0.3) is 0 Å². The second kappa shape index (κ2) is 17.8. The largest absolute Gasteiger partial charge is 0.453 e. The zero-order valence-corrected chi connectivity index (χ0v) is 32.5. The van der Waals surface area contributed by atoms with E-state index in [4.69, 9.17) is 18.9 Å². The van der Waals surface area contributed by atoms with Crippen LogP contribution >= 0.6 is 0 Å². The topological polar surface area (TPSA) is 193 Å². The Kier molecular flexibility index (Phi) is 12.7. The number of hydrogen-bond acceptors (Lipinski definition) is 10. The van der Waals surface area contributed by atoms with E-state index in [1.165, 1.54) is 14.2 Å². The summed E-state index contributed by atoms with van der Waals surface area (Å²) in [6.45, 7) is 9.55. The fraction of sp³-hybridized carbons (Fsp3) is 0.450. The van der Waals surface area contributed by atoms with Gasteiger partial charge in [-0.2, -0.15) is 0 Å². The third kappa shape index (κ3) is 8.87. The monoisotopic (exact) mass is 770 g/mol. The molecule has 4 aromatic rings. The first kappa shape index (κ1) is 39.9. The van der Waals surface area contributed by atoms with E-state index >= 15 is 0 Å². The molecule has 298 valence electrons. The van der Waals surface area contributed by atoms with Crippen LogP contribution in [0, 0.1) is 11.8 Å². The van der Waals surface area contributed by atoms with Crippen LogP contribution in [0.4, 0.5) is 9.59 Å². The number of aromatic nitrogens is 4. The highest BCUT2D eigenvalue weighted by atomic mass is 16.5. The molecule has 0 radical (unpaired) electrons. The van der Waals surface area contributed by atoms with Crippen molar-refractivity contribution >= 4 is 24.0 Å². The van der Waals surface area contributed by atoms with Gasteiger partial charge in [0.2, 0.25) is 11.8 Å². The Morgan fingerprint density at radius 3 is 1.34 bits per heavy atom. The standard InChI is InChI=1S/C40H50N8O8/c1-23(2)33(45-39(51)53-5)37(49)47-15-17-55-21-31(47)35-41-19-29(43-35)27-11-7-25(8-12-27)26-9-13-28(14-10-26)30-20-42-36(44-30)32-22-56-18-16-48(32)38(50)34(24(3)4)46-40(52)54-6/h7-14,19-20,23-24,31-34H,15-18,21-22H2,1-6H3,(H,41,43)(H,42,44)(H,45,51)(H,46,52)/t31-,32?,33-,34-/m0/s1. The number of aromatic amines is 2.